The van der Waals surface area contributed by atoms with Crippen molar-refractivity contribution in [3.8, 4) is 0 Å². The van der Waals surface area contributed by atoms with Crippen molar-refractivity contribution in [3.63, 3.8) is 0 Å². The minimum absolute atomic E-state index is 0.0949. The number of β-amino-alcohol motifs (C(OH)–C–C–N with tert-alkyl or cyclic N) is 1. The molecule has 2 fully saturated rings. The second-order valence-corrected chi connectivity index (χ2v) is 8.15. The normalized spacial score (nSPS) is 27.0. The molecule has 3 heterocycles. The van der Waals surface area contributed by atoms with Crippen LogP contribution in [0, 0.1) is 0 Å². The van der Waals surface area contributed by atoms with E-state index in [9.17, 15) is 24.3 Å². The number of hydrogen-bond acceptors (Lipinski definition) is 7. The fourth-order valence-electron chi connectivity index (χ4n) is 4.35. The van der Waals surface area contributed by atoms with Gasteiger partial charge in [-0.1, -0.05) is 6.07 Å². The molecule has 3 aliphatic rings. The van der Waals surface area contributed by atoms with Gasteiger partial charge in [0.25, 0.3) is 11.8 Å². The van der Waals surface area contributed by atoms with Crippen molar-refractivity contribution in [2.24, 2.45) is 0 Å². The van der Waals surface area contributed by atoms with E-state index >= 15 is 0 Å². The van der Waals surface area contributed by atoms with Gasteiger partial charge >= 0.3 is 0 Å². The van der Waals surface area contributed by atoms with E-state index in [0.29, 0.717) is 26.1 Å². The number of likely N-dealkylation sites (N-methyl/N-ethyl adjacent to an activating group) is 1. The molecule has 2 saturated heterocycles. The van der Waals surface area contributed by atoms with E-state index in [4.69, 9.17) is 0 Å². The Bertz CT molecular complexity index is 893. The molecule has 4 amide bonds. The van der Waals surface area contributed by atoms with Crippen LogP contribution in [0.1, 0.15) is 45.5 Å². The average Bonchev–Trinajstić information content (AvgIpc) is 3.18. The zero-order valence-electron chi connectivity index (χ0n) is 16.2. The Kier molecular flexibility index (Phi) is 4.97. The summed E-state index contributed by atoms with van der Waals surface area (Å²) in [5.74, 6) is -2.03. The number of carbonyl (C=O) groups is 4. The SMILES string of the molecule is CN(Cc1ccc2c(c1)C(=O)N(C1CCC(=O)NC1=O)C2=O)CC1(O)CCNC1. The van der Waals surface area contributed by atoms with Gasteiger partial charge in [0.15, 0.2) is 0 Å². The molecule has 0 saturated carbocycles. The molecular formula is C20H24N4O5. The second-order valence-electron chi connectivity index (χ2n) is 8.15. The van der Waals surface area contributed by atoms with Crippen molar-refractivity contribution in [2.75, 3.05) is 26.7 Å². The van der Waals surface area contributed by atoms with Crippen molar-refractivity contribution in [2.45, 2.75) is 37.5 Å². The molecule has 2 unspecified atom stereocenters. The fraction of sp³-hybridized carbons (Fsp3) is 0.500. The third kappa shape index (κ3) is 3.68. The van der Waals surface area contributed by atoms with E-state index in [0.717, 1.165) is 17.0 Å². The highest BCUT2D eigenvalue weighted by atomic mass is 16.3. The van der Waals surface area contributed by atoms with Crippen LogP contribution in [-0.4, -0.2) is 76.9 Å². The minimum Gasteiger partial charge on any atom is -0.387 e. The third-order valence-corrected chi connectivity index (χ3v) is 5.74. The van der Waals surface area contributed by atoms with E-state index in [1.807, 2.05) is 11.9 Å². The smallest absolute Gasteiger partial charge is 0.262 e. The van der Waals surface area contributed by atoms with Crippen molar-refractivity contribution >= 4 is 23.6 Å². The Morgan fingerprint density at radius 2 is 1.97 bits per heavy atom. The van der Waals surface area contributed by atoms with Crippen LogP contribution in [0.3, 0.4) is 0 Å². The van der Waals surface area contributed by atoms with E-state index in [1.54, 1.807) is 18.2 Å². The van der Waals surface area contributed by atoms with Crippen LogP contribution in [0.2, 0.25) is 0 Å². The number of rotatable bonds is 5. The summed E-state index contributed by atoms with van der Waals surface area (Å²) < 4.78 is 0. The molecule has 9 nitrogen and oxygen atoms in total. The predicted molar refractivity (Wildman–Crippen MR) is 102 cm³/mol. The molecule has 3 aliphatic heterocycles. The van der Waals surface area contributed by atoms with Gasteiger partial charge in [-0.3, -0.25) is 34.3 Å². The number of aliphatic hydroxyl groups is 1. The van der Waals surface area contributed by atoms with Gasteiger partial charge < -0.3 is 10.4 Å². The molecule has 1 aromatic rings. The first-order chi connectivity index (χ1) is 13.8. The van der Waals surface area contributed by atoms with E-state index in [-0.39, 0.29) is 24.0 Å². The maximum absolute atomic E-state index is 12.9. The first-order valence-electron chi connectivity index (χ1n) is 9.74. The Morgan fingerprint density at radius 3 is 2.66 bits per heavy atom. The molecule has 0 spiro atoms. The van der Waals surface area contributed by atoms with Crippen LogP contribution in [0.25, 0.3) is 0 Å². The molecule has 0 aromatic heterocycles. The Labute approximate surface area is 168 Å². The third-order valence-electron chi connectivity index (χ3n) is 5.74. The second kappa shape index (κ2) is 7.33. The van der Waals surface area contributed by atoms with Crippen molar-refractivity contribution < 1.29 is 24.3 Å². The van der Waals surface area contributed by atoms with Crippen molar-refractivity contribution in [1.29, 1.82) is 0 Å². The van der Waals surface area contributed by atoms with Gasteiger partial charge in [0.2, 0.25) is 11.8 Å². The predicted octanol–water partition coefficient (Wildman–Crippen LogP) is -0.756. The highest BCUT2D eigenvalue weighted by Crippen LogP contribution is 2.28. The topological polar surface area (TPSA) is 119 Å². The maximum atomic E-state index is 12.9. The van der Waals surface area contributed by atoms with Crippen LogP contribution in [0.15, 0.2) is 18.2 Å². The summed E-state index contributed by atoms with van der Waals surface area (Å²) in [7, 11) is 1.90. The number of hydrogen-bond donors (Lipinski definition) is 3. The van der Waals surface area contributed by atoms with Crippen molar-refractivity contribution in [3.05, 3.63) is 34.9 Å². The van der Waals surface area contributed by atoms with Gasteiger partial charge in [-0.05, 0) is 44.1 Å². The van der Waals surface area contributed by atoms with Crippen LogP contribution in [0.5, 0.6) is 0 Å². The summed E-state index contributed by atoms with van der Waals surface area (Å²) in [6.07, 6.45) is 0.922. The number of amides is 4. The molecule has 1 aromatic carbocycles. The van der Waals surface area contributed by atoms with Gasteiger partial charge in [-0.2, -0.15) is 0 Å². The number of benzene rings is 1. The van der Waals surface area contributed by atoms with Gasteiger partial charge in [0.05, 0.1) is 16.7 Å². The standard InChI is InChI=1S/C20H24N4O5/c1-23(11-20(29)6-7-21-10-20)9-12-2-3-13-14(8-12)19(28)24(18(13)27)15-4-5-16(25)22-17(15)26/h2-3,8,15,21,29H,4-7,9-11H2,1H3,(H,22,25,26). The Morgan fingerprint density at radius 1 is 1.21 bits per heavy atom. The van der Waals surface area contributed by atoms with Crippen LogP contribution >= 0.6 is 0 Å². The molecule has 0 radical (unpaired) electrons. The molecule has 9 heteroatoms. The Balaban J connectivity index is 1.49. The van der Waals surface area contributed by atoms with E-state index < -0.39 is 35.3 Å². The maximum Gasteiger partial charge on any atom is 0.262 e. The molecular weight excluding hydrogens is 376 g/mol. The molecule has 3 N–H and O–H groups in total. The molecule has 2 atom stereocenters. The quantitative estimate of drug-likeness (QED) is 0.556. The number of nitrogens with one attached hydrogen (secondary N) is 2. The van der Waals surface area contributed by atoms with Gasteiger partial charge in [-0.25, -0.2) is 0 Å². The van der Waals surface area contributed by atoms with Gasteiger partial charge in [0.1, 0.15) is 6.04 Å². The molecule has 4 rings (SSSR count). The Hall–Kier alpha value is -2.62. The van der Waals surface area contributed by atoms with Gasteiger partial charge in [0, 0.05) is 26.1 Å². The number of piperidine rings is 1. The molecule has 154 valence electrons. The lowest BCUT2D eigenvalue weighted by molar-refractivity contribution is -0.136. The summed E-state index contributed by atoms with van der Waals surface area (Å²) in [4.78, 5) is 52.0. The lowest BCUT2D eigenvalue weighted by atomic mass is 10.0. The van der Waals surface area contributed by atoms with Crippen LogP contribution < -0.4 is 10.6 Å². The summed E-state index contributed by atoms with van der Waals surface area (Å²) in [5, 5.41) is 15.9. The molecule has 29 heavy (non-hydrogen) atoms. The fourth-order valence-corrected chi connectivity index (χ4v) is 4.35. The monoisotopic (exact) mass is 400 g/mol. The summed E-state index contributed by atoms with van der Waals surface area (Å²) in [6, 6.07) is 4.10. The highest BCUT2D eigenvalue weighted by Gasteiger charge is 2.44. The lowest BCUT2D eigenvalue weighted by Gasteiger charge is -2.28. The summed E-state index contributed by atoms with van der Waals surface area (Å²) in [6.45, 7) is 2.34. The zero-order chi connectivity index (χ0) is 20.8. The first-order valence-corrected chi connectivity index (χ1v) is 9.74. The van der Waals surface area contributed by atoms with Crippen molar-refractivity contribution in [1.82, 2.24) is 20.4 Å². The molecule has 0 aliphatic carbocycles. The summed E-state index contributed by atoms with van der Waals surface area (Å²) >= 11 is 0. The van der Waals surface area contributed by atoms with Gasteiger partial charge in [-0.15, -0.1) is 0 Å². The van der Waals surface area contributed by atoms with E-state index in [2.05, 4.69) is 10.6 Å². The number of imide groups is 2. The highest BCUT2D eigenvalue weighted by molar-refractivity contribution is 6.23. The number of fused-ring (bicyclic) bond motifs is 1. The average molecular weight is 400 g/mol. The van der Waals surface area contributed by atoms with Crippen LogP contribution in [-0.2, 0) is 16.1 Å². The summed E-state index contributed by atoms with van der Waals surface area (Å²) in [5.41, 5.74) is 0.614. The van der Waals surface area contributed by atoms with E-state index in [1.165, 1.54) is 0 Å². The first kappa shape index (κ1) is 19.7. The lowest BCUT2D eigenvalue weighted by Crippen LogP contribution is -2.54. The largest absolute Gasteiger partial charge is 0.387 e. The minimum atomic E-state index is -0.963. The zero-order valence-corrected chi connectivity index (χ0v) is 16.2. The number of carbonyl (C=O) groups excluding carboxylic acids is 4. The van der Waals surface area contributed by atoms with Crippen LogP contribution in [0.4, 0.5) is 0 Å². The number of nitrogens with zero attached hydrogens (tertiary/aromatic N) is 2. The molecule has 0 bridgehead atoms.